The average Bonchev–Trinajstić information content (AvgIpc) is 3.45. The molecular weight excluding hydrogens is 913 g/mol. The van der Waals surface area contributed by atoms with E-state index in [9.17, 15) is 0 Å². The summed E-state index contributed by atoms with van der Waals surface area (Å²) >= 11 is 0. The Bertz CT molecular complexity index is 3100. The highest BCUT2D eigenvalue weighted by Crippen LogP contribution is 2.45. The van der Waals surface area contributed by atoms with Crippen molar-refractivity contribution in [1.82, 2.24) is 0 Å². The van der Waals surface area contributed by atoms with Crippen LogP contribution < -0.4 is 24.3 Å². The number of rotatable bonds is 16. The van der Waals surface area contributed by atoms with Crippen molar-refractivity contribution in [1.29, 1.82) is 0 Å². The van der Waals surface area contributed by atoms with Crippen molar-refractivity contribution in [2.75, 3.05) is 76.0 Å². The third-order valence-electron chi connectivity index (χ3n) is 14.4. The molecule has 0 spiro atoms. The van der Waals surface area contributed by atoms with Crippen LogP contribution in [0.5, 0.6) is 11.5 Å². The lowest BCUT2D eigenvalue weighted by Crippen LogP contribution is -2.10. The first-order chi connectivity index (χ1) is 36.5. The first kappa shape index (κ1) is 49.8. The van der Waals surface area contributed by atoms with Gasteiger partial charge in [-0.3, -0.25) is 0 Å². The molecular formula is C70H66N4O. The highest BCUT2D eigenvalue weighted by atomic mass is 16.5. The molecule has 10 aromatic carbocycles. The van der Waals surface area contributed by atoms with E-state index >= 15 is 0 Å². The lowest BCUT2D eigenvalue weighted by atomic mass is 9.83. The minimum Gasteiger partial charge on any atom is -0.457 e. The quantitative estimate of drug-likeness (QED) is 0.0898. The van der Waals surface area contributed by atoms with Crippen LogP contribution in [-0.4, -0.2) is 56.4 Å². The molecule has 0 aliphatic heterocycles. The maximum atomic E-state index is 7.41. The summed E-state index contributed by atoms with van der Waals surface area (Å²) < 4.78 is 7.41. The number of hydrogen-bond acceptors (Lipinski definition) is 5. The second kappa shape index (κ2) is 22.1. The lowest BCUT2D eigenvalue weighted by molar-refractivity contribution is 0.468. The van der Waals surface area contributed by atoms with Crippen molar-refractivity contribution in [3.8, 4) is 56.0 Å². The van der Waals surface area contributed by atoms with Crippen LogP contribution in [0.1, 0.15) is 45.2 Å². The van der Waals surface area contributed by atoms with Gasteiger partial charge in [0.2, 0.25) is 0 Å². The first-order valence-electron chi connectivity index (χ1n) is 25.9. The number of para-hydroxylation sites is 6. The van der Waals surface area contributed by atoms with Crippen LogP contribution in [0.3, 0.4) is 0 Å². The Morgan fingerprint density at radius 3 is 0.693 bits per heavy atom. The summed E-state index contributed by atoms with van der Waals surface area (Å²) in [6, 6.07) is 88.1. The lowest BCUT2D eigenvalue weighted by Gasteiger charge is -2.26. The number of benzene rings is 10. The molecule has 5 nitrogen and oxygen atoms in total. The number of nitrogens with zero attached hydrogens (tertiary/aromatic N) is 4. The van der Waals surface area contributed by atoms with E-state index in [1.807, 2.05) is 0 Å². The van der Waals surface area contributed by atoms with Gasteiger partial charge >= 0.3 is 0 Å². The van der Waals surface area contributed by atoms with Gasteiger partial charge in [-0.05, 0) is 80.9 Å². The second-order valence-corrected chi connectivity index (χ2v) is 20.2. The fourth-order valence-electron chi connectivity index (χ4n) is 10.7. The standard InChI is InChI=1S/C70H66N4O/c1-71(2)63-27-15-9-21-57(63)49-33-41-53(42-34-49)69(54-43-35-50(36-44-54)58-22-10-16-28-64(58)72(3)4)61-25-13-19-31-67(61)75-68-32-20-14-26-62(68)70(55-45-37-51(38-46-55)59-23-11-17-29-65(59)73(5)6)56-47-39-52(40-48-56)60-24-12-18-30-66(60)74(7)8/h9-48,69-70H,1-8H3. The van der Waals surface area contributed by atoms with Crippen LogP contribution in [0.25, 0.3) is 44.5 Å². The predicted octanol–water partition coefficient (Wildman–Crippen LogP) is 16.8. The first-order valence-corrected chi connectivity index (χ1v) is 25.9. The molecule has 0 N–H and O–H groups in total. The third kappa shape index (κ3) is 10.5. The summed E-state index contributed by atoms with van der Waals surface area (Å²) in [4.78, 5) is 8.72. The molecule has 0 heterocycles. The second-order valence-electron chi connectivity index (χ2n) is 20.2. The molecule has 0 saturated heterocycles. The molecule has 0 saturated carbocycles. The van der Waals surface area contributed by atoms with Crippen molar-refractivity contribution >= 4 is 22.7 Å². The zero-order chi connectivity index (χ0) is 52.0. The van der Waals surface area contributed by atoms with Crippen LogP contribution >= 0.6 is 0 Å². The van der Waals surface area contributed by atoms with E-state index in [1.165, 1.54) is 89.5 Å². The van der Waals surface area contributed by atoms with E-state index in [0.29, 0.717) is 0 Å². The molecule has 0 atom stereocenters. The minimum atomic E-state index is -0.143. The fourth-order valence-corrected chi connectivity index (χ4v) is 10.7. The summed E-state index contributed by atoms with van der Waals surface area (Å²) in [5.41, 5.74) is 21.1. The van der Waals surface area contributed by atoms with E-state index in [1.54, 1.807) is 0 Å². The van der Waals surface area contributed by atoms with E-state index in [0.717, 1.165) is 22.6 Å². The van der Waals surface area contributed by atoms with E-state index in [-0.39, 0.29) is 11.8 Å². The van der Waals surface area contributed by atoms with E-state index in [2.05, 4.69) is 319 Å². The maximum absolute atomic E-state index is 7.41. The number of ether oxygens (including phenoxy) is 1. The number of anilines is 4. The van der Waals surface area contributed by atoms with Crippen molar-refractivity contribution < 1.29 is 4.74 Å². The largest absolute Gasteiger partial charge is 0.457 e. The van der Waals surface area contributed by atoms with Crippen LogP contribution in [0.15, 0.2) is 243 Å². The van der Waals surface area contributed by atoms with Crippen molar-refractivity contribution in [2.45, 2.75) is 11.8 Å². The fraction of sp³-hybridized carbons (Fsp3) is 0.143. The predicted molar refractivity (Wildman–Crippen MR) is 320 cm³/mol. The van der Waals surface area contributed by atoms with Gasteiger partial charge < -0.3 is 24.3 Å². The Kier molecular flexibility index (Phi) is 14.7. The summed E-state index contributed by atoms with van der Waals surface area (Å²) in [5.74, 6) is 1.33. The Hall–Kier alpha value is -8.80. The maximum Gasteiger partial charge on any atom is 0.131 e. The molecule has 372 valence electrons. The van der Waals surface area contributed by atoms with Crippen molar-refractivity contribution in [3.05, 3.63) is 276 Å². The molecule has 75 heavy (non-hydrogen) atoms. The monoisotopic (exact) mass is 979 g/mol. The summed E-state index contributed by atoms with van der Waals surface area (Å²) in [6.07, 6.45) is 0. The zero-order valence-corrected chi connectivity index (χ0v) is 44.4. The summed E-state index contributed by atoms with van der Waals surface area (Å²) in [5, 5.41) is 0. The van der Waals surface area contributed by atoms with Crippen molar-refractivity contribution in [2.24, 2.45) is 0 Å². The third-order valence-corrected chi connectivity index (χ3v) is 14.4. The zero-order valence-electron chi connectivity index (χ0n) is 44.4. The molecule has 0 aliphatic carbocycles. The summed E-state index contributed by atoms with van der Waals surface area (Å²) in [6.45, 7) is 0. The van der Waals surface area contributed by atoms with E-state index in [4.69, 9.17) is 4.74 Å². The van der Waals surface area contributed by atoms with Gasteiger partial charge in [0.25, 0.3) is 0 Å². The SMILES string of the molecule is CN(C)c1ccccc1-c1ccc(C(c2ccc(-c3ccccc3N(C)C)cc2)c2ccccc2Oc2ccccc2C(c2ccc(-c3ccccc3N(C)C)cc2)c2ccc(-c3ccccc3N(C)C)cc2)cc1. The minimum absolute atomic E-state index is 0.143. The molecule has 5 heteroatoms. The highest BCUT2D eigenvalue weighted by molar-refractivity contribution is 5.82. The average molecular weight is 979 g/mol. The molecule has 10 rings (SSSR count). The molecule has 0 radical (unpaired) electrons. The number of hydrogen-bond donors (Lipinski definition) is 0. The van der Waals surface area contributed by atoms with Crippen molar-refractivity contribution in [3.63, 3.8) is 0 Å². The topological polar surface area (TPSA) is 22.2 Å². The van der Waals surface area contributed by atoms with Crippen LogP contribution in [-0.2, 0) is 0 Å². The van der Waals surface area contributed by atoms with Crippen LogP contribution in [0, 0.1) is 0 Å². The molecule has 0 aromatic heterocycles. The van der Waals surface area contributed by atoms with Gasteiger partial charge in [-0.15, -0.1) is 0 Å². The summed E-state index contributed by atoms with van der Waals surface area (Å²) in [7, 11) is 16.8. The molecule has 10 aromatic rings. The molecule has 0 amide bonds. The normalized spacial score (nSPS) is 11.2. The van der Waals surface area contributed by atoms with Gasteiger partial charge in [-0.1, -0.05) is 206 Å². The van der Waals surface area contributed by atoms with Gasteiger partial charge in [0.05, 0.1) is 0 Å². The molecule has 0 aliphatic rings. The molecule has 0 bridgehead atoms. The van der Waals surface area contributed by atoms with Gasteiger partial charge in [0, 0.05) is 124 Å². The van der Waals surface area contributed by atoms with Gasteiger partial charge in [0.1, 0.15) is 11.5 Å². The van der Waals surface area contributed by atoms with Crippen LogP contribution in [0.4, 0.5) is 22.7 Å². The van der Waals surface area contributed by atoms with Gasteiger partial charge in [-0.25, -0.2) is 0 Å². The van der Waals surface area contributed by atoms with Gasteiger partial charge in [-0.2, -0.15) is 0 Å². The Morgan fingerprint density at radius 1 is 0.240 bits per heavy atom. The highest BCUT2D eigenvalue weighted by Gasteiger charge is 2.26. The van der Waals surface area contributed by atoms with E-state index < -0.39 is 0 Å². The van der Waals surface area contributed by atoms with Gasteiger partial charge in [0.15, 0.2) is 0 Å². The smallest absolute Gasteiger partial charge is 0.131 e. The molecule has 0 unspecified atom stereocenters. The Balaban J connectivity index is 1.08. The van der Waals surface area contributed by atoms with Crippen LogP contribution in [0.2, 0.25) is 0 Å². The Labute approximate surface area is 445 Å². The molecule has 0 fully saturated rings. The Morgan fingerprint density at radius 2 is 0.453 bits per heavy atom.